The Labute approximate surface area is 200 Å². The van der Waals surface area contributed by atoms with E-state index in [0.717, 1.165) is 17.0 Å². The smallest absolute Gasteiger partial charge is 0.416 e. The van der Waals surface area contributed by atoms with Gasteiger partial charge in [-0.1, -0.05) is 12.1 Å². The lowest BCUT2D eigenvalue weighted by atomic mass is 9.91. The van der Waals surface area contributed by atoms with E-state index >= 15 is 0 Å². The minimum Gasteiger partial charge on any atom is -0.439 e. The first-order chi connectivity index (χ1) is 16.6. The summed E-state index contributed by atoms with van der Waals surface area (Å²) < 4.78 is 97.5. The highest BCUT2D eigenvalue weighted by Crippen LogP contribution is 2.38. The average Bonchev–Trinajstić information content (AvgIpc) is 3.08. The van der Waals surface area contributed by atoms with Gasteiger partial charge in [0.25, 0.3) is 0 Å². The van der Waals surface area contributed by atoms with Gasteiger partial charge in [0.2, 0.25) is 5.91 Å². The zero-order valence-corrected chi connectivity index (χ0v) is 18.4. The van der Waals surface area contributed by atoms with Gasteiger partial charge in [-0.25, -0.2) is 9.18 Å². The number of hydrogen-bond donors (Lipinski definition) is 2. The molecular formula is C23H18F7N3O3. The molecule has 0 aliphatic carbocycles. The van der Waals surface area contributed by atoms with E-state index in [1.807, 2.05) is 0 Å². The van der Waals surface area contributed by atoms with Crippen LogP contribution in [0.25, 0.3) is 0 Å². The third-order valence-corrected chi connectivity index (χ3v) is 5.30. The minimum absolute atomic E-state index is 0.00713. The molecular weight excluding hydrogens is 499 g/mol. The molecule has 1 saturated heterocycles. The molecule has 3 N–H and O–H groups in total. The number of hydrogen-bond acceptors (Lipinski definition) is 3. The van der Waals surface area contributed by atoms with Crippen LogP contribution in [0.5, 0.6) is 0 Å². The van der Waals surface area contributed by atoms with Crippen LogP contribution >= 0.6 is 0 Å². The summed E-state index contributed by atoms with van der Waals surface area (Å²) in [4.78, 5) is 24.7. The Morgan fingerprint density at radius 2 is 1.67 bits per heavy atom. The van der Waals surface area contributed by atoms with Crippen LogP contribution in [-0.2, 0) is 27.4 Å². The van der Waals surface area contributed by atoms with Crippen LogP contribution in [0.15, 0.2) is 42.5 Å². The van der Waals surface area contributed by atoms with E-state index < -0.39 is 65.0 Å². The fourth-order valence-corrected chi connectivity index (χ4v) is 3.50. The lowest BCUT2D eigenvalue weighted by Gasteiger charge is -2.23. The summed E-state index contributed by atoms with van der Waals surface area (Å²) in [5, 5.41) is 2.54. The second-order valence-electron chi connectivity index (χ2n) is 7.99. The number of nitrogens with two attached hydrogens (primary N) is 1. The summed E-state index contributed by atoms with van der Waals surface area (Å²) in [5.74, 6) is 1.19. The molecule has 0 spiro atoms. The molecule has 0 bridgehead atoms. The van der Waals surface area contributed by atoms with Crippen molar-refractivity contribution in [1.29, 1.82) is 0 Å². The second-order valence-corrected chi connectivity index (χ2v) is 7.99. The van der Waals surface area contributed by atoms with E-state index in [1.54, 1.807) is 0 Å². The first kappa shape index (κ1) is 26.7. The van der Waals surface area contributed by atoms with Gasteiger partial charge >= 0.3 is 18.4 Å². The Morgan fingerprint density at radius 3 is 2.17 bits per heavy atom. The van der Waals surface area contributed by atoms with Gasteiger partial charge in [-0.2, -0.15) is 26.3 Å². The quantitative estimate of drug-likeness (QED) is 0.458. The van der Waals surface area contributed by atoms with Crippen molar-refractivity contribution >= 4 is 11.9 Å². The van der Waals surface area contributed by atoms with E-state index in [4.69, 9.17) is 10.5 Å². The topological polar surface area (TPSA) is 84.7 Å². The third kappa shape index (κ3) is 5.99. The maximum Gasteiger partial charge on any atom is 0.416 e. The number of ether oxygens (including phenoxy) is 1. The summed E-state index contributed by atoms with van der Waals surface area (Å²) in [6.45, 7) is 0.507. The van der Waals surface area contributed by atoms with E-state index in [0.29, 0.717) is 12.1 Å². The lowest BCUT2D eigenvalue weighted by molar-refractivity contribution is -0.143. The summed E-state index contributed by atoms with van der Waals surface area (Å²) in [6.07, 6.45) is -9.19. The largest absolute Gasteiger partial charge is 0.439 e. The molecule has 0 aromatic heterocycles. The number of primary amides is 1. The number of urea groups is 1. The Balaban J connectivity index is 1.94. The van der Waals surface area contributed by atoms with Crippen molar-refractivity contribution in [2.45, 2.75) is 30.9 Å². The molecule has 0 saturated carbocycles. The van der Waals surface area contributed by atoms with E-state index in [1.165, 1.54) is 19.1 Å². The van der Waals surface area contributed by atoms with Gasteiger partial charge in [0.15, 0.2) is 0 Å². The van der Waals surface area contributed by atoms with Crippen molar-refractivity contribution in [2.75, 3.05) is 13.1 Å². The molecule has 3 amide bonds. The van der Waals surface area contributed by atoms with E-state index in [9.17, 15) is 40.3 Å². The van der Waals surface area contributed by atoms with Crippen LogP contribution in [0.1, 0.15) is 35.3 Å². The first-order valence-corrected chi connectivity index (χ1v) is 10.2. The zero-order chi connectivity index (χ0) is 26.9. The number of nitrogens with one attached hydrogen (secondary N) is 1. The monoisotopic (exact) mass is 517 g/mol. The highest BCUT2D eigenvalue weighted by atomic mass is 19.4. The summed E-state index contributed by atoms with van der Waals surface area (Å²) in [6, 6.07) is 5.10. The number of rotatable bonds is 5. The Hall–Kier alpha value is -3.95. The number of carbonyl (C=O) groups excluding carboxylic acids is 2. The van der Waals surface area contributed by atoms with Crippen molar-refractivity contribution in [3.05, 3.63) is 70.5 Å². The molecule has 1 fully saturated rings. The molecule has 192 valence electrons. The average molecular weight is 517 g/mol. The molecule has 6 nitrogen and oxygen atoms in total. The highest BCUT2D eigenvalue weighted by Gasteiger charge is 2.44. The second kappa shape index (κ2) is 9.60. The number of nitrogens with zero attached hydrogens (tertiary/aromatic N) is 1. The fraction of sp³-hybridized carbons (Fsp3) is 0.304. The fourth-order valence-electron chi connectivity index (χ4n) is 3.50. The standard InChI is InChI=1S/C23H18F7N3O3/c1-13(14-8-16(22(25,26)27)10-17(9-14)23(28,29)30)36-7-6-21(15-2-4-18(24)5-3-15)12-33(11-19(31)34)20(35)32-21/h2-5,8-10,13H,11-12H2,1H3,(H2,31,34)(H,32,35)/t13?,21-/m0/s1. The molecule has 13 heteroatoms. The maximum absolute atomic E-state index is 13.4. The summed E-state index contributed by atoms with van der Waals surface area (Å²) >= 11 is 0. The molecule has 1 unspecified atom stereocenters. The molecule has 2 aromatic rings. The Kier molecular flexibility index (Phi) is 7.11. The van der Waals surface area contributed by atoms with Crippen LogP contribution in [0, 0.1) is 17.8 Å². The third-order valence-electron chi connectivity index (χ3n) is 5.30. The molecule has 36 heavy (non-hydrogen) atoms. The predicted octanol–water partition coefficient (Wildman–Crippen LogP) is 4.31. The minimum atomic E-state index is -5.04. The van der Waals surface area contributed by atoms with Crippen LogP contribution in [-0.4, -0.2) is 29.9 Å². The van der Waals surface area contributed by atoms with Gasteiger partial charge in [0.1, 0.15) is 30.1 Å². The molecule has 1 aliphatic rings. The van der Waals surface area contributed by atoms with Gasteiger partial charge in [-0.3, -0.25) is 4.79 Å². The van der Waals surface area contributed by atoms with Crippen molar-refractivity contribution < 1.29 is 45.1 Å². The molecule has 2 aromatic carbocycles. The van der Waals surface area contributed by atoms with Crippen LogP contribution < -0.4 is 11.1 Å². The van der Waals surface area contributed by atoms with Crippen LogP contribution in [0.4, 0.5) is 35.5 Å². The van der Waals surface area contributed by atoms with Crippen molar-refractivity contribution in [1.82, 2.24) is 10.2 Å². The normalized spacial score (nSPS) is 18.8. The van der Waals surface area contributed by atoms with Gasteiger partial charge in [0.05, 0.1) is 17.7 Å². The van der Waals surface area contributed by atoms with E-state index in [-0.39, 0.29) is 18.2 Å². The zero-order valence-electron chi connectivity index (χ0n) is 18.4. The van der Waals surface area contributed by atoms with Crippen molar-refractivity contribution in [3.63, 3.8) is 0 Å². The maximum atomic E-state index is 13.4. The molecule has 1 aliphatic heterocycles. The molecule has 3 rings (SSSR count). The van der Waals surface area contributed by atoms with E-state index in [2.05, 4.69) is 17.3 Å². The Bertz CT molecular complexity index is 1180. The van der Waals surface area contributed by atoms with Crippen molar-refractivity contribution in [2.24, 2.45) is 5.73 Å². The summed E-state index contributed by atoms with van der Waals surface area (Å²) in [7, 11) is 0. The number of halogens is 7. The number of benzene rings is 2. The number of amides is 3. The predicted molar refractivity (Wildman–Crippen MR) is 111 cm³/mol. The van der Waals surface area contributed by atoms with Gasteiger partial charge < -0.3 is 20.7 Å². The number of carbonyl (C=O) groups is 2. The van der Waals surface area contributed by atoms with Crippen LogP contribution in [0.2, 0.25) is 0 Å². The molecule has 0 radical (unpaired) electrons. The Morgan fingerprint density at radius 1 is 1.11 bits per heavy atom. The molecule has 1 heterocycles. The van der Waals surface area contributed by atoms with Crippen LogP contribution in [0.3, 0.4) is 0 Å². The van der Waals surface area contributed by atoms with Gasteiger partial charge in [-0.15, -0.1) is 0 Å². The number of alkyl halides is 6. The first-order valence-electron chi connectivity index (χ1n) is 10.2. The highest BCUT2D eigenvalue weighted by molar-refractivity contribution is 5.85. The molecule has 2 atom stereocenters. The van der Waals surface area contributed by atoms with Gasteiger partial charge in [-0.05, 0) is 54.3 Å². The van der Waals surface area contributed by atoms with Crippen molar-refractivity contribution in [3.8, 4) is 12.0 Å². The summed E-state index contributed by atoms with van der Waals surface area (Å²) in [5.41, 5.74) is 0.429. The van der Waals surface area contributed by atoms with Gasteiger partial charge in [0, 0.05) is 0 Å². The lowest BCUT2D eigenvalue weighted by Crippen LogP contribution is -2.39. The SMILES string of the molecule is CC(OC#C[C@@]1(c2ccc(F)cc2)CN(CC(N)=O)C(=O)N1)c1cc(C(F)(F)F)cc(C(F)(F)F)c1.